The van der Waals surface area contributed by atoms with Crippen molar-refractivity contribution in [3.8, 4) is 11.3 Å². The van der Waals surface area contributed by atoms with Gasteiger partial charge in [-0.25, -0.2) is 13.4 Å². The molecule has 0 fully saturated rings. The molecule has 0 atom stereocenters. The number of hydrogen-bond acceptors (Lipinski definition) is 4. The van der Waals surface area contributed by atoms with Crippen LogP contribution in [0.5, 0.6) is 0 Å². The number of nitrogens with one attached hydrogen (secondary N) is 1. The Hall–Kier alpha value is -3.22. The maximum atomic E-state index is 13.1. The van der Waals surface area contributed by atoms with E-state index in [2.05, 4.69) is 10.3 Å². The number of para-hydroxylation sites is 1. The van der Waals surface area contributed by atoms with Gasteiger partial charge in [0.2, 0.25) is 0 Å². The third kappa shape index (κ3) is 4.06. The van der Waals surface area contributed by atoms with Crippen LogP contribution in [0.2, 0.25) is 5.02 Å². The van der Waals surface area contributed by atoms with Crippen LogP contribution in [0.15, 0.2) is 83.8 Å². The summed E-state index contributed by atoms with van der Waals surface area (Å²) in [5.74, 6) is -0.325. The molecule has 7 heteroatoms. The van der Waals surface area contributed by atoms with E-state index in [9.17, 15) is 13.2 Å². The van der Waals surface area contributed by atoms with E-state index in [1.807, 2.05) is 42.5 Å². The van der Waals surface area contributed by atoms with Crippen molar-refractivity contribution in [2.75, 3.05) is 11.6 Å². The number of hydrogen-bond donors (Lipinski definition) is 1. The molecule has 1 aromatic heterocycles. The van der Waals surface area contributed by atoms with Gasteiger partial charge in [0.25, 0.3) is 5.91 Å². The molecule has 4 aromatic rings. The Bertz CT molecular complexity index is 1370. The highest BCUT2D eigenvalue weighted by molar-refractivity contribution is 7.90. The van der Waals surface area contributed by atoms with E-state index in [4.69, 9.17) is 11.6 Å². The number of anilines is 1. The topological polar surface area (TPSA) is 76.1 Å². The number of nitrogens with zero attached hydrogens (tertiary/aromatic N) is 1. The van der Waals surface area contributed by atoms with E-state index >= 15 is 0 Å². The van der Waals surface area contributed by atoms with Crippen LogP contribution in [0.1, 0.15) is 10.4 Å². The summed E-state index contributed by atoms with van der Waals surface area (Å²) in [5.41, 5.74) is 2.94. The van der Waals surface area contributed by atoms with E-state index in [1.54, 1.807) is 24.3 Å². The first kappa shape index (κ1) is 20.1. The quantitative estimate of drug-likeness (QED) is 0.476. The maximum absolute atomic E-state index is 13.1. The molecule has 1 N–H and O–H groups in total. The summed E-state index contributed by atoms with van der Waals surface area (Å²) in [6.45, 7) is 0. The molecule has 0 aliphatic heterocycles. The summed E-state index contributed by atoms with van der Waals surface area (Å²) in [5, 5.41) is 4.08. The lowest BCUT2D eigenvalue weighted by Crippen LogP contribution is -2.13. The number of carbonyl (C=O) groups excluding carboxylic acids is 1. The van der Waals surface area contributed by atoms with Gasteiger partial charge in [0, 0.05) is 27.9 Å². The van der Waals surface area contributed by atoms with Gasteiger partial charge in [0.05, 0.1) is 21.7 Å². The van der Waals surface area contributed by atoms with E-state index in [0.29, 0.717) is 32.9 Å². The first-order valence-electron chi connectivity index (χ1n) is 9.09. The predicted octanol–water partition coefficient (Wildman–Crippen LogP) is 5.21. The second-order valence-electron chi connectivity index (χ2n) is 6.80. The van der Waals surface area contributed by atoms with Gasteiger partial charge in [-0.15, -0.1) is 0 Å². The molecular weight excluding hydrogens is 420 g/mol. The second kappa shape index (κ2) is 7.89. The summed E-state index contributed by atoms with van der Waals surface area (Å²) >= 11 is 6.33. The number of rotatable bonds is 4. The highest BCUT2D eigenvalue weighted by Crippen LogP contribution is 2.30. The fourth-order valence-electron chi connectivity index (χ4n) is 3.15. The first-order chi connectivity index (χ1) is 14.3. The molecule has 0 radical (unpaired) electrons. The average molecular weight is 437 g/mol. The number of benzene rings is 3. The molecule has 4 rings (SSSR count). The molecule has 0 unspecified atom stereocenters. The number of pyridine rings is 1. The van der Waals surface area contributed by atoms with Crippen molar-refractivity contribution in [3.05, 3.63) is 89.4 Å². The highest BCUT2D eigenvalue weighted by atomic mass is 35.5. The van der Waals surface area contributed by atoms with Crippen LogP contribution < -0.4 is 5.32 Å². The van der Waals surface area contributed by atoms with Crippen molar-refractivity contribution in [2.45, 2.75) is 4.90 Å². The van der Waals surface area contributed by atoms with Gasteiger partial charge in [0.15, 0.2) is 9.84 Å². The molecule has 0 saturated carbocycles. The zero-order chi connectivity index (χ0) is 21.3. The van der Waals surface area contributed by atoms with Crippen molar-refractivity contribution >= 4 is 43.9 Å². The van der Waals surface area contributed by atoms with Gasteiger partial charge >= 0.3 is 0 Å². The molecule has 150 valence electrons. The lowest BCUT2D eigenvalue weighted by atomic mass is 10.0. The van der Waals surface area contributed by atoms with Gasteiger partial charge in [-0.2, -0.15) is 0 Å². The van der Waals surface area contributed by atoms with Gasteiger partial charge in [-0.3, -0.25) is 4.79 Å². The molecule has 30 heavy (non-hydrogen) atoms. The fraction of sp³-hybridized carbons (Fsp3) is 0.0435. The van der Waals surface area contributed by atoms with Crippen molar-refractivity contribution in [2.24, 2.45) is 0 Å². The minimum Gasteiger partial charge on any atom is -0.322 e. The van der Waals surface area contributed by atoms with Crippen molar-refractivity contribution in [1.82, 2.24) is 4.98 Å². The van der Waals surface area contributed by atoms with Crippen LogP contribution in [0.4, 0.5) is 5.69 Å². The predicted molar refractivity (Wildman–Crippen MR) is 120 cm³/mol. The molecular formula is C23H17ClN2O3S. The Morgan fingerprint density at radius 1 is 0.933 bits per heavy atom. The number of amides is 1. The minimum atomic E-state index is -3.30. The summed E-state index contributed by atoms with van der Waals surface area (Å²) in [7, 11) is -3.30. The maximum Gasteiger partial charge on any atom is 0.256 e. The van der Waals surface area contributed by atoms with Crippen molar-refractivity contribution in [3.63, 3.8) is 0 Å². The van der Waals surface area contributed by atoms with Crippen molar-refractivity contribution < 1.29 is 13.2 Å². The fourth-order valence-corrected chi connectivity index (χ4v) is 4.02. The normalized spacial score (nSPS) is 11.4. The van der Waals surface area contributed by atoms with Crippen LogP contribution >= 0.6 is 11.6 Å². The zero-order valence-corrected chi connectivity index (χ0v) is 17.5. The molecule has 1 heterocycles. The number of sulfone groups is 1. The molecule has 0 bridgehead atoms. The SMILES string of the molecule is CS(=O)(=O)c1ccc(NC(=O)c2cc(-c3ccccc3Cl)nc3ccccc23)cc1. The summed E-state index contributed by atoms with van der Waals surface area (Å²) < 4.78 is 23.3. The lowest BCUT2D eigenvalue weighted by Gasteiger charge is -2.11. The summed E-state index contributed by atoms with van der Waals surface area (Å²) in [6, 6.07) is 22.5. The van der Waals surface area contributed by atoms with Crippen molar-refractivity contribution in [1.29, 1.82) is 0 Å². The van der Waals surface area contributed by atoms with E-state index < -0.39 is 9.84 Å². The Morgan fingerprint density at radius 2 is 1.60 bits per heavy atom. The molecule has 0 saturated heterocycles. The summed E-state index contributed by atoms with van der Waals surface area (Å²) in [4.78, 5) is 17.9. The number of fused-ring (bicyclic) bond motifs is 1. The largest absolute Gasteiger partial charge is 0.322 e. The summed E-state index contributed by atoms with van der Waals surface area (Å²) in [6.07, 6.45) is 1.14. The Kier molecular flexibility index (Phi) is 5.28. The number of aromatic nitrogens is 1. The Balaban J connectivity index is 1.76. The Morgan fingerprint density at radius 3 is 2.30 bits per heavy atom. The third-order valence-corrected chi connectivity index (χ3v) is 6.11. The number of halogens is 1. The Labute approximate surface area is 179 Å². The highest BCUT2D eigenvalue weighted by Gasteiger charge is 2.16. The minimum absolute atomic E-state index is 0.191. The zero-order valence-electron chi connectivity index (χ0n) is 16.0. The monoisotopic (exact) mass is 436 g/mol. The third-order valence-electron chi connectivity index (χ3n) is 4.65. The van der Waals surface area contributed by atoms with Gasteiger partial charge < -0.3 is 5.32 Å². The molecule has 0 aliphatic carbocycles. The second-order valence-corrected chi connectivity index (χ2v) is 9.23. The smallest absolute Gasteiger partial charge is 0.256 e. The molecule has 1 amide bonds. The standard InChI is InChI=1S/C23H17ClN2O3S/c1-30(28,29)16-12-10-15(11-13-16)25-23(27)19-14-22(18-7-2-4-8-20(18)24)26-21-9-5-3-6-17(19)21/h2-14H,1H3,(H,25,27). The van der Waals surface area contributed by atoms with Gasteiger partial charge in [-0.05, 0) is 42.5 Å². The number of carbonyl (C=O) groups is 1. The first-order valence-corrected chi connectivity index (χ1v) is 11.4. The van der Waals surface area contributed by atoms with E-state index in [1.165, 1.54) is 12.1 Å². The van der Waals surface area contributed by atoms with Crippen LogP contribution in [0.3, 0.4) is 0 Å². The van der Waals surface area contributed by atoms with Gasteiger partial charge in [-0.1, -0.05) is 48.0 Å². The van der Waals surface area contributed by atoms with E-state index in [-0.39, 0.29) is 10.8 Å². The average Bonchev–Trinajstić information content (AvgIpc) is 2.73. The molecule has 5 nitrogen and oxygen atoms in total. The van der Waals surface area contributed by atoms with Crippen LogP contribution in [-0.2, 0) is 9.84 Å². The molecule has 0 aliphatic rings. The van der Waals surface area contributed by atoms with Gasteiger partial charge in [0.1, 0.15) is 0 Å². The van der Waals surface area contributed by atoms with E-state index in [0.717, 1.165) is 11.8 Å². The lowest BCUT2D eigenvalue weighted by molar-refractivity contribution is 0.102. The van der Waals surface area contributed by atoms with Crippen LogP contribution in [-0.4, -0.2) is 25.6 Å². The molecule has 0 spiro atoms. The van der Waals surface area contributed by atoms with Crippen LogP contribution in [0, 0.1) is 0 Å². The van der Waals surface area contributed by atoms with Crippen LogP contribution in [0.25, 0.3) is 22.2 Å². The molecule has 3 aromatic carbocycles.